The molecule has 0 heterocycles. The van der Waals surface area contributed by atoms with Crippen molar-refractivity contribution in [2.75, 3.05) is 14.2 Å². The zero-order valence-corrected chi connectivity index (χ0v) is 9.02. The summed E-state index contributed by atoms with van der Waals surface area (Å²) in [6.45, 7) is -0.527. The first-order valence-electron chi connectivity index (χ1n) is 3.69. The van der Waals surface area contributed by atoms with Gasteiger partial charge in [-0.25, -0.2) is 4.39 Å². The Labute approximate surface area is 84.8 Å². The summed E-state index contributed by atoms with van der Waals surface area (Å²) < 4.78 is 23.2. The van der Waals surface area contributed by atoms with Crippen LogP contribution in [0, 0.1) is 0 Å². The third kappa shape index (κ3) is 2.12. The fourth-order valence-corrected chi connectivity index (χ4v) is 1.43. The second-order valence-corrected chi connectivity index (χ2v) is 3.29. The summed E-state index contributed by atoms with van der Waals surface area (Å²) in [5.41, 5.74) is 0.553. The Kier molecular flexibility index (Phi) is 3.54. The molecule has 0 saturated carbocycles. The second-order valence-electron chi connectivity index (χ2n) is 2.43. The van der Waals surface area contributed by atoms with Gasteiger partial charge in [0.25, 0.3) is 0 Å². The molecule has 2 nitrogen and oxygen atoms in total. The van der Waals surface area contributed by atoms with Crippen molar-refractivity contribution < 1.29 is 13.9 Å². The highest BCUT2D eigenvalue weighted by molar-refractivity contribution is 9.10. The van der Waals surface area contributed by atoms with Crippen LogP contribution < -0.4 is 9.47 Å². The van der Waals surface area contributed by atoms with Gasteiger partial charge in [-0.2, -0.15) is 0 Å². The Balaban J connectivity index is 3.18. The Morgan fingerprint density at radius 1 is 1.23 bits per heavy atom. The van der Waals surface area contributed by atoms with Crippen molar-refractivity contribution in [3.8, 4) is 11.5 Å². The van der Waals surface area contributed by atoms with Gasteiger partial charge in [-0.1, -0.05) is 15.9 Å². The first kappa shape index (κ1) is 10.3. The molecule has 0 spiro atoms. The first-order chi connectivity index (χ1) is 6.22. The molecular formula is C9H10BrFO2. The van der Waals surface area contributed by atoms with Gasteiger partial charge in [-0.3, -0.25) is 0 Å². The predicted molar refractivity (Wildman–Crippen MR) is 52.1 cm³/mol. The quantitative estimate of drug-likeness (QED) is 0.819. The molecule has 0 N–H and O–H groups in total. The molecule has 13 heavy (non-hydrogen) atoms. The van der Waals surface area contributed by atoms with E-state index in [0.29, 0.717) is 21.5 Å². The van der Waals surface area contributed by atoms with Crippen LogP contribution in [0.5, 0.6) is 11.5 Å². The molecule has 0 atom stereocenters. The molecule has 0 bridgehead atoms. The summed E-state index contributed by atoms with van der Waals surface area (Å²) in [5.74, 6) is 1.13. The smallest absolute Gasteiger partial charge is 0.161 e. The van der Waals surface area contributed by atoms with Crippen LogP contribution in [0.25, 0.3) is 0 Å². The molecule has 0 aliphatic rings. The largest absolute Gasteiger partial charge is 0.493 e. The van der Waals surface area contributed by atoms with Crippen molar-refractivity contribution in [2.24, 2.45) is 0 Å². The topological polar surface area (TPSA) is 18.5 Å². The highest BCUT2D eigenvalue weighted by Crippen LogP contribution is 2.33. The van der Waals surface area contributed by atoms with Gasteiger partial charge >= 0.3 is 0 Å². The van der Waals surface area contributed by atoms with Gasteiger partial charge in [-0.05, 0) is 12.1 Å². The number of ether oxygens (including phenoxy) is 2. The minimum Gasteiger partial charge on any atom is -0.493 e. The van der Waals surface area contributed by atoms with Gasteiger partial charge in [0.2, 0.25) is 0 Å². The average Bonchev–Trinajstić information content (AvgIpc) is 2.17. The molecular weight excluding hydrogens is 239 g/mol. The maximum Gasteiger partial charge on any atom is 0.161 e. The monoisotopic (exact) mass is 248 g/mol. The lowest BCUT2D eigenvalue weighted by Crippen LogP contribution is -1.92. The minimum absolute atomic E-state index is 0.527. The van der Waals surface area contributed by atoms with E-state index in [9.17, 15) is 4.39 Å². The number of halogens is 2. The van der Waals surface area contributed by atoms with Crippen LogP contribution in [-0.2, 0) is 6.67 Å². The molecule has 1 rings (SSSR count). The van der Waals surface area contributed by atoms with E-state index in [4.69, 9.17) is 9.47 Å². The lowest BCUT2D eigenvalue weighted by molar-refractivity contribution is 0.353. The Hall–Kier alpha value is -0.770. The summed E-state index contributed by atoms with van der Waals surface area (Å²) >= 11 is 3.24. The summed E-state index contributed by atoms with van der Waals surface area (Å²) in [6.07, 6.45) is 0. The molecule has 1 aromatic carbocycles. The standard InChI is InChI=1S/C9H10BrFO2/c1-12-8-3-6(5-11)7(10)4-9(8)13-2/h3-4H,5H2,1-2H3. The van der Waals surface area contributed by atoms with Crippen molar-refractivity contribution in [1.82, 2.24) is 0 Å². The molecule has 0 aliphatic carbocycles. The predicted octanol–water partition coefficient (Wildman–Crippen LogP) is 2.94. The second kappa shape index (κ2) is 4.46. The fourth-order valence-electron chi connectivity index (χ4n) is 0.999. The van der Waals surface area contributed by atoms with Crippen LogP contribution in [0.4, 0.5) is 4.39 Å². The summed E-state index contributed by atoms with van der Waals surface area (Å²) in [6, 6.07) is 3.30. The van der Waals surface area contributed by atoms with Crippen LogP contribution in [0.3, 0.4) is 0 Å². The molecule has 0 amide bonds. The third-order valence-electron chi connectivity index (χ3n) is 1.70. The van der Waals surface area contributed by atoms with Gasteiger partial charge in [0, 0.05) is 10.0 Å². The van der Waals surface area contributed by atoms with E-state index in [-0.39, 0.29) is 0 Å². The Bertz CT molecular complexity index is 302. The summed E-state index contributed by atoms with van der Waals surface area (Å²) in [7, 11) is 3.06. The van der Waals surface area contributed by atoms with Gasteiger partial charge in [0.05, 0.1) is 14.2 Å². The molecule has 72 valence electrons. The van der Waals surface area contributed by atoms with Crippen LogP contribution in [0.1, 0.15) is 5.56 Å². The van der Waals surface area contributed by atoms with Crippen molar-refractivity contribution in [3.05, 3.63) is 22.2 Å². The van der Waals surface area contributed by atoms with Crippen molar-refractivity contribution in [3.63, 3.8) is 0 Å². The molecule has 0 unspecified atom stereocenters. The van der Waals surface area contributed by atoms with Crippen molar-refractivity contribution >= 4 is 15.9 Å². The van der Waals surface area contributed by atoms with E-state index in [1.54, 1.807) is 19.2 Å². The average molecular weight is 249 g/mol. The van der Waals surface area contributed by atoms with E-state index >= 15 is 0 Å². The molecule has 0 saturated heterocycles. The van der Waals surface area contributed by atoms with Gasteiger partial charge in [-0.15, -0.1) is 0 Å². The van der Waals surface area contributed by atoms with E-state index in [0.717, 1.165) is 0 Å². The first-order valence-corrected chi connectivity index (χ1v) is 4.48. The molecule has 0 fully saturated rings. The van der Waals surface area contributed by atoms with Crippen LogP contribution >= 0.6 is 15.9 Å². The van der Waals surface area contributed by atoms with Crippen LogP contribution in [0.15, 0.2) is 16.6 Å². The number of hydrogen-bond donors (Lipinski definition) is 0. The van der Waals surface area contributed by atoms with Crippen LogP contribution in [-0.4, -0.2) is 14.2 Å². The van der Waals surface area contributed by atoms with Gasteiger partial charge in [0.15, 0.2) is 11.5 Å². The highest BCUT2D eigenvalue weighted by Gasteiger charge is 2.08. The Morgan fingerprint density at radius 2 is 1.77 bits per heavy atom. The lowest BCUT2D eigenvalue weighted by Gasteiger charge is -2.09. The summed E-state index contributed by atoms with van der Waals surface area (Å²) in [5, 5.41) is 0. The SMILES string of the molecule is COc1cc(Br)c(CF)cc1OC. The molecule has 0 aliphatic heterocycles. The number of benzene rings is 1. The normalized spacial score (nSPS) is 9.85. The fraction of sp³-hybridized carbons (Fsp3) is 0.333. The van der Waals surface area contributed by atoms with Crippen molar-refractivity contribution in [1.29, 1.82) is 0 Å². The van der Waals surface area contributed by atoms with Gasteiger partial charge in [0.1, 0.15) is 6.67 Å². The van der Waals surface area contributed by atoms with E-state index in [2.05, 4.69) is 15.9 Å². The molecule has 0 aromatic heterocycles. The number of rotatable bonds is 3. The Morgan fingerprint density at radius 3 is 2.23 bits per heavy atom. The number of alkyl halides is 1. The molecule has 1 aromatic rings. The van der Waals surface area contributed by atoms with Gasteiger partial charge < -0.3 is 9.47 Å². The highest BCUT2D eigenvalue weighted by atomic mass is 79.9. The zero-order chi connectivity index (χ0) is 9.84. The number of hydrogen-bond acceptors (Lipinski definition) is 2. The zero-order valence-electron chi connectivity index (χ0n) is 7.43. The summed E-state index contributed by atoms with van der Waals surface area (Å²) in [4.78, 5) is 0. The van der Waals surface area contributed by atoms with E-state index < -0.39 is 6.67 Å². The van der Waals surface area contributed by atoms with E-state index in [1.165, 1.54) is 7.11 Å². The van der Waals surface area contributed by atoms with Crippen LogP contribution in [0.2, 0.25) is 0 Å². The molecule has 4 heteroatoms. The maximum atomic E-state index is 12.4. The van der Waals surface area contributed by atoms with Crippen molar-refractivity contribution in [2.45, 2.75) is 6.67 Å². The molecule has 0 radical (unpaired) electrons. The lowest BCUT2D eigenvalue weighted by atomic mass is 10.2. The maximum absolute atomic E-state index is 12.4. The minimum atomic E-state index is -0.527. The third-order valence-corrected chi connectivity index (χ3v) is 2.43. The number of methoxy groups -OCH3 is 2. The van der Waals surface area contributed by atoms with E-state index in [1.807, 2.05) is 0 Å².